The molecule has 0 N–H and O–H groups in total. The Balaban J connectivity index is 2.99. The molecule has 0 saturated carbocycles. The van der Waals surface area contributed by atoms with Gasteiger partial charge in [0.2, 0.25) is 0 Å². The average Bonchev–Trinajstić information content (AvgIpc) is 2.38. The maximum Gasteiger partial charge on any atom is 0.0980 e. The Morgan fingerprint density at radius 3 is 1.15 bits per heavy atom. The molecule has 0 bridgehead atoms. The molecule has 20 heavy (non-hydrogen) atoms. The molecule has 0 unspecified atom stereocenters. The second-order valence-electron chi connectivity index (χ2n) is 7.11. The highest BCUT2D eigenvalue weighted by Crippen LogP contribution is 2.16. The van der Waals surface area contributed by atoms with E-state index in [4.69, 9.17) is 0 Å². The summed E-state index contributed by atoms with van der Waals surface area (Å²) in [5.74, 6) is 0. The van der Waals surface area contributed by atoms with Gasteiger partial charge in [-0.05, 0) is 20.3 Å². The van der Waals surface area contributed by atoms with Crippen LogP contribution < -0.4 is 0 Å². The van der Waals surface area contributed by atoms with Crippen LogP contribution >= 0.6 is 0 Å². The molecule has 0 aromatic rings. The first-order valence-corrected chi connectivity index (χ1v) is 9.26. The summed E-state index contributed by atoms with van der Waals surface area (Å²) in [6, 6.07) is 0. The molecule has 0 saturated heterocycles. The van der Waals surface area contributed by atoms with E-state index in [0.717, 1.165) is 12.8 Å². The minimum absolute atomic E-state index is 0.711. The molecule has 1 radical (unpaired) electrons. The van der Waals surface area contributed by atoms with Crippen molar-refractivity contribution < 1.29 is 5.11 Å². The van der Waals surface area contributed by atoms with Crippen LogP contribution in [0, 0.1) is 0 Å². The standard InChI is InChI=1S/C19H39O/c1-4-5-6-7-8-9-10-11-12-13-14-15-16-17-18-19(2,3)20/h4-18H2,1-3H3. The van der Waals surface area contributed by atoms with Crippen molar-refractivity contribution in [2.24, 2.45) is 0 Å². The van der Waals surface area contributed by atoms with E-state index in [1.165, 1.54) is 83.5 Å². The lowest BCUT2D eigenvalue weighted by Gasteiger charge is -2.13. The van der Waals surface area contributed by atoms with Crippen molar-refractivity contribution in [3.8, 4) is 0 Å². The fraction of sp³-hybridized carbons (Fsp3) is 1.00. The van der Waals surface area contributed by atoms with Gasteiger partial charge in [-0.15, -0.1) is 0 Å². The smallest absolute Gasteiger partial charge is 0.0980 e. The Bertz CT molecular complexity index is 181. The topological polar surface area (TPSA) is 19.9 Å². The summed E-state index contributed by atoms with van der Waals surface area (Å²) < 4.78 is 0. The predicted molar refractivity (Wildman–Crippen MR) is 89.7 cm³/mol. The van der Waals surface area contributed by atoms with E-state index in [1.54, 1.807) is 13.8 Å². The first-order chi connectivity index (χ1) is 9.56. The van der Waals surface area contributed by atoms with Crippen LogP contribution in [0.2, 0.25) is 0 Å². The van der Waals surface area contributed by atoms with Crippen molar-refractivity contribution >= 4 is 0 Å². The summed E-state index contributed by atoms with van der Waals surface area (Å²) in [6.45, 7) is 5.88. The van der Waals surface area contributed by atoms with Crippen LogP contribution in [0.3, 0.4) is 0 Å². The molecular weight excluding hydrogens is 244 g/mol. The summed E-state index contributed by atoms with van der Waals surface area (Å²) in [6.07, 6.45) is 20.2. The van der Waals surface area contributed by atoms with Gasteiger partial charge >= 0.3 is 0 Å². The minimum Gasteiger partial charge on any atom is -0.230 e. The quantitative estimate of drug-likeness (QED) is 0.286. The van der Waals surface area contributed by atoms with E-state index in [2.05, 4.69) is 6.92 Å². The van der Waals surface area contributed by atoms with Gasteiger partial charge in [-0.2, -0.15) is 0 Å². The van der Waals surface area contributed by atoms with Crippen molar-refractivity contribution in [1.82, 2.24) is 0 Å². The Kier molecular flexibility index (Phi) is 13.9. The number of hydrogen-bond acceptors (Lipinski definition) is 0. The van der Waals surface area contributed by atoms with Gasteiger partial charge in [-0.3, -0.25) is 0 Å². The third kappa shape index (κ3) is 18.0. The Hall–Kier alpha value is -0.0400. The molecule has 0 aromatic carbocycles. The summed E-state index contributed by atoms with van der Waals surface area (Å²) in [5, 5.41) is 11.4. The summed E-state index contributed by atoms with van der Waals surface area (Å²) in [4.78, 5) is 0. The molecule has 1 heteroatoms. The lowest BCUT2D eigenvalue weighted by molar-refractivity contribution is -0.00511. The van der Waals surface area contributed by atoms with Gasteiger partial charge in [0.05, 0.1) is 5.60 Å². The van der Waals surface area contributed by atoms with Gasteiger partial charge in [-0.25, -0.2) is 5.11 Å². The zero-order valence-corrected chi connectivity index (χ0v) is 14.5. The first kappa shape index (κ1) is 20.0. The first-order valence-electron chi connectivity index (χ1n) is 9.26. The maximum absolute atomic E-state index is 11.4. The molecule has 0 aliphatic rings. The monoisotopic (exact) mass is 283 g/mol. The van der Waals surface area contributed by atoms with Gasteiger partial charge in [-0.1, -0.05) is 96.8 Å². The number of unbranched alkanes of at least 4 members (excludes halogenated alkanes) is 13. The molecule has 0 spiro atoms. The molecule has 0 rings (SSSR count). The van der Waals surface area contributed by atoms with Crippen LogP contribution in [0.4, 0.5) is 0 Å². The van der Waals surface area contributed by atoms with Gasteiger partial charge in [0.15, 0.2) is 0 Å². The van der Waals surface area contributed by atoms with Crippen molar-refractivity contribution in [3.05, 3.63) is 0 Å². The third-order valence-electron chi connectivity index (χ3n) is 4.13. The van der Waals surface area contributed by atoms with E-state index < -0.39 is 5.60 Å². The van der Waals surface area contributed by atoms with Crippen molar-refractivity contribution in [1.29, 1.82) is 0 Å². The lowest BCUT2D eigenvalue weighted by atomic mass is 9.99. The van der Waals surface area contributed by atoms with Gasteiger partial charge in [0.1, 0.15) is 0 Å². The zero-order chi connectivity index (χ0) is 15.1. The van der Waals surface area contributed by atoms with Crippen molar-refractivity contribution in [3.63, 3.8) is 0 Å². The average molecular weight is 284 g/mol. The molecular formula is C19H39O. The molecule has 0 fully saturated rings. The van der Waals surface area contributed by atoms with Crippen LogP contribution in [0.1, 0.15) is 117 Å². The minimum atomic E-state index is -0.711. The fourth-order valence-electron chi connectivity index (χ4n) is 2.75. The van der Waals surface area contributed by atoms with Crippen LogP contribution in [0.5, 0.6) is 0 Å². The highest BCUT2D eigenvalue weighted by Gasteiger charge is 2.13. The summed E-state index contributed by atoms with van der Waals surface area (Å²) in [7, 11) is 0. The van der Waals surface area contributed by atoms with Crippen molar-refractivity contribution in [2.45, 2.75) is 123 Å². The Labute approximate surface area is 128 Å². The maximum atomic E-state index is 11.4. The molecule has 1 nitrogen and oxygen atoms in total. The molecule has 121 valence electrons. The van der Waals surface area contributed by atoms with Gasteiger partial charge in [0.25, 0.3) is 0 Å². The van der Waals surface area contributed by atoms with E-state index in [-0.39, 0.29) is 0 Å². The molecule has 0 aliphatic heterocycles. The summed E-state index contributed by atoms with van der Waals surface area (Å²) in [5.41, 5.74) is -0.711. The molecule has 0 aliphatic carbocycles. The van der Waals surface area contributed by atoms with E-state index in [9.17, 15) is 5.11 Å². The highest BCUT2D eigenvalue weighted by molar-refractivity contribution is 4.63. The molecule has 0 atom stereocenters. The van der Waals surface area contributed by atoms with Crippen LogP contribution in [0.15, 0.2) is 0 Å². The Morgan fingerprint density at radius 1 is 0.550 bits per heavy atom. The van der Waals surface area contributed by atoms with Gasteiger partial charge < -0.3 is 0 Å². The van der Waals surface area contributed by atoms with E-state index >= 15 is 0 Å². The van der Waals surface area contributed by atoms with Crippen LogP contribution in [-0.4, -0.2) is 5.60 Å². The fourth-order valence-corrected chi connectivity index (χ4v) is 2.75. The van der Waals surface area contributed by atoms with E-state index in [1.807, 2.05) is 0 Å². The second kappa shape index (κ2) is 13.9. The third-order valence-corrected chi connectivity index (χ3v) is 4.13. The zero-order valence-electron chi connectivity index (χ0n) is 14.5. The SMILES string of the molecule is CCCCCCCCCCCCCCCCC(C)(C)[O]. The lowest BCUT2D eigenvalue weighted by Crippen LogP contribution is -2.15. The largest absolute Gasteiger partial charge is 0.230 e. The second-order valence-corrected chi connectivity index (χ2v) is 7.11. The highest BCUT2D eigenvalue weighted by atomic mass is 16.3. The molecule has 0 heterocycles. The van der Waals surface area contributed by atoms with Crippen LogP contribution in [-0.2, 0) is 5.11 Å². The molecule has 0 amide bonds. The normalized spacial score (nSPS) is 12.0. The van der Waals surface area contributed by atoms with Gasteiger partial charge in [0, 0.05) is 0 Å². The van der Waals surface area contributed by atoms with Crippen molar-refractivity contribution in [2.75, 3.05) is 0 Å². The summed E-state index contributed by atoms with van der Waals surface area (Å²) >= 11 is 0. The predicted octanol–water partition coefficient (Wildman–Crippen LogP) is 7.07. The number of hydrogen-bond donors (Lipinski definition) is 0. The van der Waals surface area contributed by atoms with Crippen LogP contribution in [0.25, 0.3) is 0 Å². The molecule has 0 aromatic heterocycles. The Morgan fingerprint density at radius 2 is 0.850 bits per heavy atom. The number of rotatable bonds is 15. The van der Waals surface area contributed by atoms with E-state index in [0.29, 0.717) is 0 Å².